The number of hydrogen-bond donors (Lipinski definition) is 0. The van der Waals surface area contributed by atoms with Crippen LogP contribution in [0.2, 0.25) is 0 Å². The summed E-state index contributed by atoms with van der Waals surface area (Å²) in [7, 11) is 1.41. The van der Waals surface area contributed by atoms with Crippen molar-refractivity contribution in [2.24, 2.45) is 0 Å². The molecule has 4 heteroatoms. The molecule has 0 fully saturated rings. The predicted molar refractivity (Wildman–Crippen MR) is 90.8 cm³/mol. The molecular weight excluding hydrogens is 268 g/mol. The zero-order valence-corrected chi connectivity index (χ0v) is 16.6. The standard InChI is InChI=1S/C12H14Si2.C2H8OSi/c13-14(11-7-3-1-4-8-11)12-9-5-2-6-10-12;1-2-3-4/h1-10,14H,13H3;2H2,1,4H3. The van der Waals surface area contributed by atoms with Gasteiger partial charge in [0.1, 0.15) is 10.5 Å². The molecule has 2 rings (SSSR count). The van der Waals surface area contributed by atoms with Crippen molar-refractivity contribution in [2.75, 3.05) is 6.61 Å². The highest BCUT2D eigenvalue weighted by molar-refractivity contribution is 7.18. The highest BCUT2D eigenvalue weighted by atomic mass is 29.1. The van der Waals surface area contributed by atoms with Crippen LogP contribution in [0.4, 0.5) is 0 Å². The van der Waals surface area contributed by atoms with Crippen molar-refractivity contribution in [1.82, 2.24) is 0 Å². The molecule has 0 radical (unpaired) electrons. The Morgan fingerprint density at radius 3 is 1.50 bits per heavy atom. The Bertz CT molecular complexity index is 378. The topological polar surface area (TPSA) is 9.23 Å². The summed E-state index contributed by atoms with van der Waals surface area (Å²) in [4.78, 5) is 0. The van der Waals surface area contributed by atoms with Crippen molar-refractivity contribution < 1.29 is 4.43 Å². The highest BCUT2D eigenvalue weighted by Gasteiger charge is 2.07. The van der Waals surface area contributed by atoms with Crippen molar-refractivity contribution in [1.29, 1.82) is 0 Å². The van der Waals surface area contributed by atoms with Crippen molar-refractivity contribution >= 4 is 38.9 Å². The first kappa shape index (κ1) is 15.1. The molecule has 0 aliphatic carbocycles. The zero-order valence-electron chi connectivity index (χ0n) is 11.5. The Morgan fingerprint density at radius 1 is 0.889 bits per heavy atom. The molecule has 0 saturated carbocycles. The molecular formula is C14H22OSi3. The molecule has 0 saturated heterocycles. The second kappa shape index (κ2) is 9.04. The van der Waals surface area contributed by atoms with Gasteiger partial charge in [-0.3, -0.25) is 0 Å². The van der Waals surface area contributed by atoms with Crippen molar-refractivity contribution in [3.05, 3.63) is 60.7 Å². The fourth-order valence-corrected chi connectivity index (χ4v) is 5.97. The summed E-state index contributed by atoms with van der Waals surface area (Å²) in [5.41, 5.74) is 0. The monoisotopic (exact) mass is 290 g/mol. The van der Waals surface area contributed by atoms with Crippen LogP contribution in [0.25, 0.3) is 0 Å². The Balaban J connectivity index is 0.000000357. The van der Waals surface area contributed by atoms with Gasteiger partial charge in [-0.15, -0.1) is 0 Å². The van der Waals surface area contributed by atoms with E-state index in [1.807, 2.05) is 6.92 Å². The minimum Gasteiger partial charge on any atom is -0.428 e. The maximum atomic E-state index is 4.68. The first-order chi connectivity index (χ1) is 8.79. The molecule has 2 aromatic rings. The summed E-state index contributed by atoms with van der Waals surface area (Å²) < 4.78 is 4.68. The van der Waals surface area contributed by atoms with E-state index >= 15 is 0 Å². The van der Waals surface area contributed by atoms with Gasteiger partial charge < -0.3 is 4.43 Å². The van der Waals surface area contributed by atoms with E-state index in [4.69, 9.17) is 0 Å². The van der Waals surface area contributed by atoms with Crippen LogP contribution in [0.15, 0.2) is 60.7 Å². The number of hydrogen-bond acceptors (Lipinski definition) is 1. The average molecular weight is 291 g/mol. The van der Waals surface area contributed by atoms with Gasteiger partial charge >= 0.3 is 0 Å². The molecule has 0 heterocycles. The Morgan fingerprint density at radius 2 is 1.22 bits per heavy atom. The third-order valence-electron chi connectivity index (χ3n) is 2.89. The summed E-state index contributed by atoms with van der Waals surface area (Å²) >= 11 is 0. The third kappa shape index (κ3) is 5.14. The molecule has 0 N–H and O–H groups in total. The van der Waals surface area contributed by atoms with Gasteiger partial charge in [-0.05, 0) is 6.92 Å². The van der Waals surface area contributed by atoms with Crippen molar-refractivity contribution in [3.8, 4) is 0 Å². The first-order valence-electron chi connectivity index (χ1n) is 6.38. The van der Waals surface area contributed by atoms with Crippen molar-refractivity contribution in [2.45, 2.75) is 6.92 Å². The molecule has 0 aliphatic heterocycles. The number of rotatable bonds is 3. The second-order valence-electron chi connectivity index (χ2n) is 4.12. The minimum atomic E-state index is -0.780. The molecule has 0 spiro atoms. The minimum absolute atomic E-state index is 0.780. The molecule has 1 nitrogen and oxygen atoms in total. The van der Waals surface area contributed by atoms with Crippen LogP contribution in [-0.4, -0.2) is 35.2 Å². The third-order valence-corrected chi connectivity index (χ3v) is 10.2. The quantitative estimate of drug-likeness (QED) is 0.672. The molecule has 0 atom stereocenters. The van der Waals surface area contributed by atoms with E-state index in [2.05, 4.69) is 65.1 Å². The van der Waals surface area contributed by atoms with Gasteiger partial charge in [-0.1, -0.05) is 71.0 Å². The summed E-state index contributed by atoms with van der Waals surface area (Å²) in [6.07, 6.45) is 0. The average Bonchev–Trinajstić information content (AvgIpc) is 2.48. The molecule has 0 unspecified atom stereocenters. The summed E-state index contributed by atoms with van der Waals surface area (Å²) in [6.45, 7) is 2.87. The second-order valence-corrected chi connectivity index (χ2v) is 10.9. The molecule has 0 amide bonds. The molecule has 0 aromatic heterocycles. The van der Waals surface area contributed by atoms with Gasteiger partial charge in [0.2, 0.25) is 0 Å². The van der Waals surface area contributed by atoms with Crippen molar-refractivity contribution in [3.63, 3.8) is 0 Å². The van der Waals surface area contributed by atoms with Gasteiger partial charge in [0.05, 0.1) is 8.31 Å². The molecule has 96 valence electrons. The van der Waals surface area contributed by atoms with Crippen LogP contribution in [0.3, 0.4) is 0 Å². The van der Waals surface area contributed by atoms with Gasteiger partial charge in [0.25, 0.3) is 0 Å². The van der Waals surface area contributed by atoms with Crippen LogP contribution in [0.5, 0.6) is 0 Å². The van der Waals surface area contributed by atoms with Crippen LogP contribution in [-0.2, 0) is 4.43 Å². The van der Waals surface area contributed by atoms with E-state index in [0.29, 0.717) is 0 Å². The lowest BCUT2D eigenvalue weighted by Crippen LogP contribution is -2.42. The lowest BCUT2D eigenvalue weighted by atomic mass is 10.4. The Hall–Kier alpha value is -0.949. The van der Waals surface area contributed by atoms with Crippen LogP contribution in [0.1, 0.15) is 6.92 Å². The van der Waals surface area contributed by atoms with Gasteiger partial charge in [-0.2, -0.15) is 0 Å². The molecule has 0 aliphatic rings. The largest absolute Gasteiger partial charge is 0.428 e. The van der Waals surface area contributed by atoms with Gasteiger partial charge in [0, 0.05) is 16.4 Å². The fraction of sp³-hybridized carbons (Fsp3) is 0.143. The highest BCUT2D eigenvalue weighted by Crippen LogP contribution is 1.89. The first-order valence-corrected chi connectivity index (χ1v) is 13.0. The normalized spacial score (nSPS) is 10.1. The number of benzene rings is 2. The summed E-state index contributed by atoms with van der Waals surface area (Å²) in [5.74, 6) is 0. The van der Waals surface area contributed by atoms with Crippen LogP contribution < -0.4 is 10.4 Å². The fourth-order valence-electron chi connectivity index (χ4n) is 1.68. The summed E-state index contributed by atoms with van der Waals surface area (Å²) in [6, 6.07) is 21.9. The van der Waals surface area contributed by atoms with Gasteiger partial charge in [0.15, 0.2) is 0 Å². The smallest absolute Gasteiger partial charge is 0.145 e. The molecule has 18 heavy (non-hydrogen) atoms. The SMILES string of the molecule is CCO[SiH3].[SiH3][SiH](c1ccccc1)c1ccccc1. The van der Waals surface area contributed by atoms with E-state index in [1.165, 1.54) is 9.76 Å². The Labute approximate surface area is 118 Å². The predicted octanol–water partition coefficient (Wildman–Crippen LogP) is -0.807. The van der Waals surface area contributed by atoms with E-state index in [-0.39, 0.29) is 0 Å². The van der Waals surface area contributed by atoms with E-state index in [9.17, 15) is 0 Å². The lowest BCUT2D eigenvalue weighted by Gasteiger charge is -2.09. The maximum absolute atomic E-state index is 4.68. The molecule has 0 bridgehead atoms. The van der Waals surface area contributed by atoms with Crippen LogP contribution >= 0.6 is 0 Å². The zero-order chi connectivity index (χ0) is 13.2. The Kier molecular flexibility index (Phi) is 7.59. The maximum Gasteiger partial charge on any atom is 0.145 e. The van der Waals surface area contributed by atoms with Crippen LogP contribution in [0, 0.1) is 0 Å². The van der Waals surface area contributed by atoms with E-state index in [1.54, 1.807) is 10.4 Å². The molecule has 2 aromatic carbocycles. The van der Waals surface area contributed by atoms with E-state index in [0.717, 1.165) is 17.1 Å². The van der Waals surface area contributed by atoms with Gasteiger partial charge in [-0.25, -0.2) is 0 Å². The van der Waals surface area contributed by atoms with E-state index < -0.39 is 8.31 Å². The lowest BCUT2D eigenvalue weighted by molar-refractivity contribution is 0.375. The summed E-state index contributed by atoms with van der Waals surface area (Å²) in [5, 5.41) is 3.15.